The van der Waals surface area contributed by atoms with Gasteiger partial charge in [0.25, 0.3) is 0 Å². The third kappa shape index (κ3) is 89.3. The summed E-state index contributed by atoms with van der Waals surface area (Å²) in [6.45, 7) is 3.44. The molecule has 0 aliphatic rings. The molecular weight excluding hydrogens is 91.0 g/mol. The van der Waals surface area contributed by atoms with Gasteiger partial charge in [-0.25, -0.2) is 0 Å². The fourth-order valence-electron chi connectivity index (χ4n) is 0. The SMILES string of the molecule is CC(C)O.[Na+].[OH-]. The van der Waals surface area contributed by atoms with Crippen molar-refractivity contribution in [1.29, 1.82) is 0 Å². The van der Waals surface area contributed by atoms with Crippen molar-refractivity contribution in [3.63, 3.8) is 0 Å². The Bertz CT molecular complexity index is 13.5. The molecule has 0 aromatic rings. The zero-order valence-electron chi connectivity index (χ0n) is 4.47. The minimum absolute atomic E-state index is 0. The molecule has 2 N–H and O–H groups in total. The van der Waals surface area contributed by atoms with Crippen LogP contribution >= 0.6 is 0 Å². The van der Waals surface area contributed by atoms with Crippen LogP contribution in [0.1, 0.15) is 13.8 Å². The standard InChI is InChI=1S/C3H8O.Na.H2O/c1-3(2)4;;/h3-4H,1-2H3;;1H2/q;+1;/p-1. The molecule has 0 radical (unpaired) electrons. The largest absolute Gasteiger partial charge is 1.00 e. The van der Waals surface area contributed by atoms with Gasteiger partial charge in [-0.05, 0) is 13.8 Å². The summed E-state index contributed by atoms with van der Waals surface area (Å²) in [5, 5.41) is 8.06. The van der Waals surface area contributed by atoms with Crippen LogP contribution in [0.3, 0.4) is 0 Å². The van der Waals surface area contributed by atoms with Crippen LogP contribution < -0.4 is 29.6 Å². The summed E-state index contributed by atoms with van der Waals surface area (Å²) in [6.07, 6.45) is -0.167. The van der Waals surface area contributed by atoms with E-state index < -0.39 is 0 Å². The van der Waals surface area contributed by atoms with E-state index in [1.165, 1.54) is 0 Å². The number of hydrogen-bond donors (Lipinski definition) is 1. The first-order valence-corrected chi connectivity index (χ1v) is 1.41. The molecule has 0 aliphatic heterocycles. The molecule has 0 aromatic carbocycles. The van der Waals surface area contributed by atoms with E-state index in [4.69, 9.17) is 5.11 Å². The summed E-state index contributed by atoms with van der Waals surface area (Å²) in [6, 6.07) is 0. The van der Waals surface area contributed by atoms with E-state index in [2.05, 4.69) is 0 Å². The molecule has 0 spiro atoms. The smallest absolute Gasteiger partial charge is 0.870 e. The van der Waals surface area contributed by atoms with Crippen LogP contribution in [0.2, 0.25) is 0 Å². The number of rotatable bonds is 0. The second kappa shape index (κ2) is 9.33. The van der Waals surface area contributed by atoms with Gasteiger partial charge in [0.05, 0.1) is 0 Å². The van der Waals surface area contributed by atoms with Crippen molar-refractivity contribution < 1.29 is 40.1 Å². The summed E-state index contributed by atoms with van der Waals surface area (Å²) < 4.78 is 0. The van der Waals surface area contributed by atoms with Gasteiger partial charge in [0.15, 0.2) is 0 Å². The Balaban J connectivity index is -0.0000000450. The molecule has 0 amide bonds. The Labute approximate surface area is 60.2 Å². The van der Waals surface area contributed by atoms with Crippen LogP contribution in [-0.2, 0) is 0 Å². The molecule has 0 aliphatic carbocycles. The third-order valence-corrected chi connectivity index (χ3v) is 0. The fourth-order valence-corrected chi connectivity index (χ4v) is 0. The topological polar surface area (TPSA) is 50.2 Å². The van der Waals surface area contributed by atoms with E-state index >= 15 is 0 Å². The number of aliphatic hydroxyl groups is 1. The summed E-state index contributed by atoms with van der Waals surface area (Å²) in [5.41, 5.74) is 0. The van der Waals surface area contributed by atoms with Crippen LogP contribution in [0.15, 0.2) is 0 Å². The van der Waals surface area contributed by atoms with Crippen molar-refractivity contribution in [2.24, 2.45) is 0 Å². The van der Waals surface area contributed by atoms with Crippen molar-refractivity contribution in [2.75, 3.05) is 0 Å². The van der Waals surface area contributed by atoms with Crippen LogP contribution in [0, 0.1) is 0 Å². The molecule has 0 fully saturated rings. The van der Waals surface area contributed by atoms with Crippen LogP contribution in [0.25, 0.3) is 0 Å². The van der Waals surface area contributed by atoms with Gasteiger partial charge in [-0.2, -0.15) is 0 Å². The van der Waals surface area contributed by atoms with Gasteiger partial charge in [-0.15, -0.1) is 0 Å². The zero-order valence-corrected chi connectivity index (χ0v) is 6.47. The van der Waals surface area contributed by atoms with E-state index in [1.807, 2.05) is 0 Å². The molecule has 0 unspecified atom stereocenters. The minimum atomic E-state index is -0.167. The average Bonchev–Trinajstić information content (AvgIpc) is 0.811. The molecule has 0 saturated carbocycles. The molecule has 0 rings (SSSR count). The molecule has 6 heavy (non-hydrogen) atoms. The first kappa shape index (κ1) is 15.8. The predicted molar refractivity (Wildman–Crippen MR) is 19.3 cm³/mol. The molecule has 0 saturated heterocycles. The van der Waals surface area contributed by atoms with Crippen molar-refractivity contribution in [2.45, 2.75) is 20.0 Å². The average molecular weight is 100 g/mol. The molecule has 2 nitrogen and oxygen atoms in total. The Kier molecular flexibility index (Phi) is 24.5. The van der Waals surface area contributed by atoms with Crippen LogP contribution in [0.5, 0.6) is 0 Å². The third-order valence-electron chi connectivity index (χ3n) is 0. The minimum Gasteiger partial charge on any atom is -0.870 e. The summed E-state index contributed by atoms with van der Waals surface area (Å²) in [7, 11) is 0. The molecule has 0 aromatic heterocycles. The Morgan fingerprint density at radius 1 is 1.33 bits per heavy atom. The summed E-state index contributed by atoms with van der Waals surface area (Å²) in [4.78, 5) is 0. The molecule has 34 valence electrons. The van der Waals surface area contributed by atoms with Gasteiger partial charge >= 0.3 is 29.6 Å². The maximum absolute atomic E-state index is 8.06. The van der Waals surface area contributed by atoms with Gasteiger partial charge in [0, 0.05) is 6.10 Å². The van der Waals surface area contributed by atoms with Crippen LogP contribution in [0.4, 0.5) is 0 Å². The Hall–Kier alpha value is 0.920. The van der Waals surface area contributed by atoms with Crippen molar-refractivity contribution in [3.8, 4) is 0 Å². The Morgan fingerprint density at radius 2 is 1.33 bits per heavy atom. The Morgan fingerprint density at radius 3 is 1.33 bits per heavy atom. The van der Waals surface area contributed by atoms with E-state index in [0.717, 1.165) is 0 Å². The van der Waals surface area contributed by atoms with Crippen LogP contribution in [-0.4, -0.2) is 16.7 Å². The predicted octanol–water partition coefficient (Wildman–Crippen LogP) is -2.79. The molecule has 0 atom stereocenters. The maximum atomic E-state index is 8.06. The quantitative estimate of drug-likeness (QED) is 0.335. The zero-order chi connectivity index (χ0) is 3.58. The van der Waals surface area contributed by atoms with Gasteiger partial charge in [-0.3, -0.25) is 0 Å². The molecule has 0 bridgehead atoms. The van der Waals surface area contributed by atoms with Gasteiger partial charge in [0.1, 0.15) is 0 Å². The molecular formula is C3H9NaO2. The first-order chi connectivity index (χ1) is 1.73. The van der Waals surface area contributed by atoms with Crippen molar-refractivity contribution in [3.05, 3.63) is 0 Å². The summed E-state index contributed by atoms with van der Waals surface area (Å²) >= 11 is 0. The summed E-state index contributed by atoms with van der Waals surface area (Å²) in [5.74, 6) is 0. The van der Waals surface area contributed by atoms with Gasteiger partial charge in [0.2, 0.25) is 0 Å². The second-order valence-electron chi connectivity index (χ2n) is 1.09. The second-order valence-corrected chi connectivity index (χ2v) is 1.09. The normalized spacial score (nSPS) is 6.00. The van der Waals surface area contributed by atoms with Gasteiger partial charge < -0.3 is 10.6 Å². The van der Waals surface area contributed by atoms with E-state index in [-0.39, 0.29) is 41.1 Å². The monoisotopic (exact) mass is 100 g/mol. The van der Waals surface area contributed by atoms with E-state index in [1.54, 1.807) is 13.8 Å². The molecule has 3 heteroatoms. The maximum Gasteiger partial charge on any atom is 1.00 e. The number of aliphatic hydroxyl groups excluding tert-OH is 1. The number of hydrogen-bond acceptors (Lipinski definition) is 2. The van der Waals surface area contributed by atoms with Gasteiger partial charge in [-0.1, -0.05) is 0 Å². The van der Waals surface area contributed by atoms with Crippen molar-refractivity contribution in [1.82, 2.24) is 0 Å². The van der Waals surface area contributed by atoms with Crippen molar-refractivity contribution >= 4 is 0 Å². The van der Waals surface area contributed by atoms with E-state index in [9.17, 15) is 0 Å². The first-order valence-electron chi connectivity index (χ1n) is 1.41. The van der Waals surface area contributed by atoms with E-state index in [0.29, 0.717) is 0 Å². The fraction of sp³-hybridized carbons (Fsp3) is 1.00. The molecule has 0 heterocycles.